The number of hydrogen-bond acceptors (Lipinski definition) is 4. The van der Waals surface area contributed by atoms with E-state index in [2.05, 4.69) is 21.4 Å². The van der Waals surface area contributed by atoms with Gasteiger partial charge in [-0.2, -0.15) is 10.2 Å². The van der Waals surface area contributed by atoms with Gasteiger partial charge in [-0.05, 0) is 30.7 Å². The summed E-state index contributed by atoms with van der Waals surface area (Å²) in [5.74, 6) is 1.04. The lowest BCUT2D eigenvalue weighted by molar-refractivity contribution is 0.0790. The highest BCUT2D eigenvalue weighted by Crippen LogP contribution is 2.27. The van der Waals surface area contributed by atoms with E-state index in [4.69, 9.17) is 16.3 Å². The van der Waals surface area contributed by atoms with Crippen LogP contribution >= 0.6 is 11.6 Å². The van der Waals surface area contributed by atoms with E-state index in [1.807, 2.05) is 30.1 Å². The molecule has 1 aliphatic heterocycles. The molecular weight excluding hydrogens is 378 g/mol. The normalized spacial score (nSPS) is 16.5. The first kappa shape index (κ1) is 18.6. The molecule has 0 saturated carbocycles. The third-order valence-electron chi connectivity index (χ3n) is 4.93. The predicted octanol–water partition coefficient (Wildman–Crippen LogP) is 3.05. The molecule has 3 heterocycles. The smallest absolute Gasteiger partial charge is 0.257 e. The molecule has 146 valence electrons. The van der Waals surface area contributed by atoms with Gasteiger partial charge < -0.3 is 9.64 Å². The summed E-state index contributed by atoms with van der Waals surface area (Å²) >= 11 is 5.96. The third-order valence-corrected chi connectivity index (χ3v) is 5.17. The monoisotopic (exact) mass is 399 g/mol. The van der Waals surface area contributed by atoms with E-state index in [0.29, 0.717) is 23.7 Å². The van der Waals surface area contributed by atoms with Crippen molar-refractivity contribution in [3.8, 4) is 5.75 Å². The number of amides is 1. The Labute approximate surface area is 168 Å². The Morgan fingerprint density at radius 3 is 3.07 bits per heavy atom. The molecule has 0 aliphatic carbocycles. The van der Waals surface area contributed by atoms with E-state index in [9.17, 15) is 4.79 Å². The molecule has 4 rings (SSSR count). The standard InChI is InChI=1S/C20H22ClN5O2/c1-25-12-15(11-22-25)20(27)26-7-5-14(13-26)19-10-17(23-24-19)6-8-28-18-4-2-3-16(21)9-18/h2-4,9-12,14H,5-8,13H2,1H3,(H,23,24). The highest BCUT2D eigenvalue weighted by atomic mass is 35.5. The first-order chi connectivity index (χ1) is 13.6. The summed E-state index contributed by atoms with van der Waals surface area (Å²) < 4.78 is 7.38. The van der Waals surface area contributed by atoms with Crippen LogP contribution in [0.1, 0.15) is 34.1 Å². The number of nitrogens with zero attached hydrogens (tertiary/aromatic N) is 4. The van der Waals surface area contributed by atoms with Crippen LogP contribution in [0.2, 0.25) is 5.02 Å². The van der Waals surface area contributed by atoms with Crippen LogP contribution in [0.4, 0.5) is 0 Å². The highest BCUT2D eigenvalue weighted by Gasteiger charge is 2.29. The number of aromatic nitrogens is 4. The van der Waals surface area contributed by atoms with Gasteiger partial charge in [-0.15, -0.1) is 0 Å². The summed E-state index contributed by atoms with van der Waals surface area (Å²) in [4.78, 5) is 14.4. The lowest BCUT2D eigenvalue weighted by Crippen LogP contribution is -2.28. The van der Waals surface area contributed by atoms with Crippen molar-refractivity contribution in [2.45, 2.75) is 18.8 Å². The number of carbonyl (C=O) groups excluding carboxylic acids is 1. The lowest BCUT2D eigenvalue weighted by Gasteiger charge is -2.14. The molecule has 0 radical (unpaired) electrons. The summed E-state index contributed by atoms with van der Waals surface area (Å²) in [6.07, 6.45) is 5.00. The molecule has 2 aromatic heterocycles. The fourth-order valence-electron chi connectivity index (χ4n) is 3.45. The zero-order valence-electron chi connectivity index (χ0n) is 15.6. The Morgan fingerprint density at radius 2 is 2.29 bits per heavy atom. The molecule has 8 heteroatoms. The molecule has 0 bridgehead atoms. The second-order valence-corrected chi connectivity index (χ2v) is 7.45. The van der Waals surface area contributed by atoms with Gasteiger partial charge in [-0.25, -0.2) is 0 Å². The fourth-order valence-corrected chi connectivity index (χ4v) is 3.63. The fraction of sp³-hybridized carbons (Fsp3) is 0.350. The highest BCUT2D eigenvalue weighted by molar-refractivity contribution is 6.30. The Morgan fingerprint density at radius 1 is 1.39 bits per heavy atom. The van der Waals surface area contributed by atoms with E-state index in [1.54, 1.807) is 23.1 Å². The zero-order valence-corrected chi connectivity index (χ0v) is 16.4. The van der Waals surface area contributed by atoms with Gasteiger partial charge in [0, 0.05) is 49.4 Å². The second kappa shape index (κ2) is 8.06. The minimum Gasteiger partial charge on any atom is -0.493 e. The molecule has 1 saturated heterocycles. The molecule has 1 aromatic carbocycles. The molecule has 1 fully saturated rings. The van der Waals surface area contributed by atoms with Gasteiger partial charge in [0.2, 0.25) is 0 Å². The Balaban J connectivity index is 1.30. The number of H-pyrrole nitrogens is 1. The lowest BCUT2D eigenvalue weighted by atomic mass is 10.0. The number of aromatic amines is 1. The van der Waals surface area contributed by atoms with Crippen molar-refractivity contribution in [2.75, 3.05) is 19.7 Å². The quantitative estimate of drug-likeness (QED) is 0.691. The molecular formula is C20H22ClN5O2. The minimum absolute atomic E-state index is 0.0290. The average molecular weight is 400 g/mol. The topological polar surface area (TPSA) is 76.0 Å². The Bertz CT molecular complexity index is 967. The van der Waals surface area contributed by atoms with Gasteiger partial charge in [-0.1, -0.05) is 17.7 Å². The van der Waals surface area contributed by atoms with E-state index >= 15 is 0 Å². The third kappa shape index (κ3) is 4.20. The summed E-state index contributed by atoms with van der Waals surface area (Å²) in [7, 11) is 1.81. The number of nitrogens with one attached hydrogen (secondary N) is 1. The first-order valence-corrected chi connectivity index (χ1v) is 9.67. The molecule has 7 nitrogen and oxygen atoms in total. The Hall–Kier alpha value is -2.80. The molecule has 1 N–H and O–H groups in total. The van der Waals surface area contributed by atoms with E-state index in [1.165, 1.54) is 0 Å². The van der Waals surface area contributed by atoms with Crippen molar-refractivity contribution in [1.82, 2.24) is 24.9 Å². The van der Waals surface area contributed by atoms with Gasteiger partial charge in [0.25, 0.3) is 5.91 Å². The maximum absolute atomic E-state index is 12.6. The van der Waals surface area contributed by atoms with Crippen molar-refractivity contribution < 1.29 is 9.53 Å². The maximum atomic E-state index is 12.6. The number of ether oxygens (including phenoxy) is 1. The average Bonchev–Trinajstić information content (AvgIpc) is 3.41. The van der Waals surface area contributed by atoms with Gasteiger partial charge >= 0.3 is 0 Å². The number of carbonyl (C=O) groups is 1. The summed E-state index contributed by atoms with van der Waals surface area (Å²) in [5, 5.41) is 12.3. The molecule has 1 aliphatic rings. The van der Waals surface area contributed by atoms with Crippen LogP contribution in [-0.2, 0) is 13.5 Å². The molecule has 1 unspecified atom stereocenters. The number of rotatable bonds is 6. The largest absolute Gasteiger partial charge is 0.493 e. The van der Waals surface area contributed by atoms with Crippen LogP contribution in [-0.4, -0.2) is 50.5 Å². The van der Waals surface area contributed by atoms with Gasteiger partial charge in [0.1, 0.15) is 5.75 Å². The second-order valence-electron chi connectivity index (χ2n) is 7.01. The number of aryl methyl sites for hydroxylation is 1. The SMILES string of the molecule is Cn1cc(C(=O)N2CCC(c3cc(CCOc4cccc(Cl)c4)[nH]n3)C2)cn1. The number of likely N-dealkylation sites (tertiary alicyclic amines) is 1. The molecule has 1 atom stereocenters. The van der Waals surface area contributed by atoms with E-state index in [-0.39, 0.29) is 11.8 Å². The molecule has 28 heavy (non-hydrogen) atoms. The molecule has 1 amide bonds. The van der Waals surface area contributed by atoms with Crippen LogP contribution in [0.5, 0.6) is 5.75 Å². The van der Waals surface area contributed by atoms with Crippen molar-refractivity contribution in [3.63, 3.8) is 0 Å². The van der Waals surface area contributed by atoms with Crippen LogP contribution in [0.3, 0.4) is 0 Å². The zero-order chi connectivity index (χ0) is 19.5. The van der Waals surface area contributed by atoms with Crippen LogP contribution in [0.25, 0.3) is 0 Å². The summed E-state index contributed by atoms with van der Waals surface area (Å²) in [5.41, 5.74) is 2.65. The van der Waals surface area contributed by atoms with Crippen LogP contribution in [0.15, 0.2) is 42.7 Å². The minimum atomic E-state index is 0.0290. The van der Waals surface area contributed by atoms with Crippen LogP contribution in [0, 0.1) is 0 Å². The van der Waals surface area contributed by atoms with Crippen molar-refractivity contribution in [1.29, 1.82) is 0 Å². The van der Waals surface area contributed by atoms with Crippen molar-refractivity contribution >= 4 is 17.5 Å². The van der Waals surface area contributed by atoms with Crippen molar-refractivity contribution in [2.24, 2.45) is 7.05 Å². The van der Waals surface area contributed by atoms with Crippen molar-refractivity contribution in [3.05, 3.63) is 64.7 Å². The predicted molar refractivity (Wildman–Crippen MR) is 106 cm³/mol. The van der Waals surface area contributed by atoms with E-state index in [0.717, 1.165) is 36.5 Å². The maximum Gasteiger partial charge on any atom is 0.257 e. The van der Waals surface area contributed by atoms with Gasteiger partial charge in [0.15, 0.2) is 0 Å². The van der Waals surface area contributed by atoms with Gasteiger partial charge in [0.05, 0.1) is 24.1 Å². The Kier molecular flexibility index (Phi) is 5.34. The number of halogens is 1. The summed E-state index contributed by atoms with van der Waals surface area (Å²) in [6.45, 7) is 1.95. The molecule has 0 spiro atoms. The molecule has 3 aromatic rings. The summed E-state index contributed by atoms with van der Waals surface area (Å²) in [6, 6.07) is 9.44. The number of hydrogen-bond donors (Lipinski definition) is 1. The number of benzene rings is 1. The van der Waals surface area contributed by atoms with Gasteiger partial charge in [-0.3, -0.25) is 14.6 Å². The first-order valence-electron chi connectivity index (χ1n) is 9.29. The van der Waals surface area contributed by atoms with Crippen LogP contribution < -0.4 is 4.74 Å². The van der Waals surface area contributed by atoms with E-state index < -0.39 is 0 Å².